The first kappa shape index (κ1) is 13.4. The molecule has 84 valence electrons. The molecule has 0 aliphatic heterocycles. The monoisotopic (exact) mass is 206 g/mol. The van der Waals surface area contributed by atoms with E-state index >= 15 is 0 Å². The molecule has 5 heteroatoms. The van der Waals surface area contributed by atoms with Crippen LogP contribution in [0.2, 0.25) is 0 Å². The predicted octanol–water partition coefficient (Wildman–Crippen LogP) is 0.311. The van der Waals surface area contributed by atoms with Gasteiger partial charge in [-0.3, -0.25) is 0 Å². The highest BCUT2D eigenvalue weighted by molar-refractivity contribution is 5.71. The molecule has 0 heterocycles. The molecular weight excluding hydrogens is 188 g/mol. The molecule has 0 saturated carbocycles. The molecule has 0 radical (unpaired) electrons. The third-order valence-electron chi connectivity index (χ3n) is 1.10. The summed E-state index contributed by atoms with van der Waals surface area (Å²) in [6.45, 7) is 5.47. The van der Waals surface area contributed by atoms with Gasteiger partial charge in [0.25, 0.3) is 0 Å². The quantitative estimate of drug-likeness (QED) is 0.385. The highest BCUT2D eigenvalue weighted by atomic mass is 16.6. The fourth-order valence-electron chi connectivity index (χ4n) is 0.709. The van der Waals surface area contributed by atoms with Gasteiger partial charge in [0, 0.05) is 0 Å². The van der Waals surface area contributed by atoms with E-state index in [2.05, 4.69) is 4.74 Å². The lowest BCUT2D eigenvalue weighted by molar-refractivity contribution is -0.160. The lowest BCUT2D eigenvalue weighted by Gasteiger charge is -2.19. The Morgan fingerprint density at radius 3 is 2.29 bits per heavy atom. The van der Waals surface area contributed by atoms with Crippen molar-refractivity contribution in [3.63, 3.8) is 0 Å². The van der Waals surface area contributed by atoms with Crippen LogP contribution in [0.15, 0.2) is 0 Å². The van der Waals surface area contributed by atoms with Crippen LogP contribution in [0.25, 0.3) is 0 Å². The second-order valence-corrected chi connectivity index (χ2v) is 3.68. The van der Waals surface area contributed by atoms with Crippen molar-refractivity contribution in [2.75, 3.05) is 26.6 Å². The molecule has 0 saturated heterocycles. The molecule has 1 N–H and O–H groups in total. The maximum atomic E-state index is 11.1. The Kier molecular flexibility index (Phi) is 6.44. The number of hydrogen-bond donors (Lipinski definition) is 1. The molecule has 0 rings (SSSR count). The van der Waals surface area contributed by atoms with Gasteiger partial charge in [0.15, 0.2) is 0 Å². The third kappa shape index (κ3) is 9.44. The van der Waals surface area contributed by atoms with Crippen LogP contribution in [0.5, 0.6) is 0 Å². The summed E-state index contributed by atoms with van der Waals surface area (Å²) in [5.74, 6) is -0.401. The molecule has 0 aromatic rings. The van der Waals surface area contributed by atoms with Crippen molar-refractivity contribution in [1.82, 2.24) is 0 Å². The summed E-state index contributed by atoms with van der Waals surface area (Å²) in [6, 6.07) is 0. The fraction of sp³-hybridized carbons (Fsp3) is 0.889. The van der Waals surface area contributed by atoms with Crippen LogP contribution in [0.1, 0.15) is 20.8 Å². The fourth-order valence-corrected chi connectivity index (χ4v) is 0.709. The van der Waals surface area contributed by atoms with Crippen LogP contribution < -0.4 is 0 Å². The number of esters is 1. The lowest BCUT2D eigenvalue weighted by atomic mass is 10.2. The minimum atomic E-state index is -0.484. The molecule has 14 heavy (non-hydrogen) atoms. The van der Waals surface area contributed by atoms with Crippen LogP contribution in [0.4, 0.5) is 0 Å². The van der Waals surface area contributed by atoms with Crippen LogP contribution in [-0.2, 0) is 19.0 Å². The molecule has 0 aromatic carbocycles. The lowest BCUT2D eigenvalue weighted by Crippen LogP contribution is -2.27. The van der Waals surface area contributed by atoms with Crippen molar-refractivity contribution < 1.29 is 24.1 Å². The topological polar surface area (TPSA) is 65.0 Å². The summed E-state index contributed by atoms with van der Waals surface area (Å²) in [5, 5.41) is 8.26. The number of rotatable bonds is 6. The summed E-state index contributed by atoms with van der Waals surface area (Å²) in [7, 11) is 0. The predicted molar refractivity (Wildman–Crippen MR) is 49.7 cm³/mol. The zero-order chi connectivity index (χ0) is 11.0. The second-order valence-electron chi connectivity index (χ2n) is 3.68. The van der Waals surface area contributed by atoms with E-state index in [0.717, 1.165) is 0 Å². The minimum Gasteiger partial charge on any atom is -0.458 e. The van der Waals surface area contributed by atoms with Gasteiger partial charge in [0.05, 0.1) is 13.2 Å². The minimum absolute atomic E-state index is 0.0912. The van der Waals surface area contributed by atoms with Crippen molar-refractivity contribution in [2.24, 2.45) is 0 Å². The number of ether oxygens (including phenoxy) is 3. The van der Waals surface area contributed by atoms with E-state index in [1.807, 2.05) is 0 Å². The molecular formula is C9H18O5. The molecule has 5 nitrogen and oxygen atoms in total. The van der Waals surface area contributed by atoms with Crippen LogP contribution in [0.3, 0.4) is 0 Å². The maximum absolute atomic E-state index is 11.1. The molecule has 0 aliphatic rings. The molecule has 0 spiro atoms. The molecule has 0 bridgehead atoms. The van der Waals surface area contributed by atoms with Gasteiger partial charge in [0.1, 0.15) is 19.0 Å². The largest absolute Gasteiger partial charge is 0.458 e. The molecule has 0 aliphatic carbocycles. The zero-order valence-electron chi connectivity index (χ0n) is 8.91. The van der Waals surface area contributed by atoms with Gasteiger partial charge >= 0.3 is 5.97 Å². The summed E-state index contributed by atoms with van der Waals surface area (Å²) in [6.07, 6.45) is 0. The van der Waals surface area contributed by atoms with Crippen molar-refractivity contribution in [3.8, 4) is 0 Å². The molecule has 0 amide bonds. The SMILES string of the molecule is CC(C)(C)OC(=O)COCCOCO. The standard InChI is InChI=1S/C9H18O5/c1-9(2,3)14-8(11)6-12-4-5-13-7-10/h10H,4-7H2,1-3H3. The Bertz CT molecular complexity index is 161. The Morgan fingerprint density at radius 2 is 1.79 bits per heavy atom. The Labute approximate surface area is 84.0 Å². The highest BCUT2D eigenvalue weighted by Crippen LogP contribution is 2.06. The van der Waals surface area contributed by atoms with Crippen LogP contribution in [0, 0.1) is 0 Å². The summed E-state index contributed by atoms with van der Waals surface area (Å²) < 4.78 is 14.5. The third-order valence-corrected chi connectivity index (χ3v) is 1.10. The first-order valence-electron chi connectivity index (χ1n) is 4.44. The first-order chi connectivity index (χ1) is 6.45. The zero-order valence-corrected chi connectivity index (χ0v) is 8.91. The average molecular weight is 206 g/mol. The van der Waals surface area contributed by atoms with E-state index in [9.17, 15) is 4.79 Å². The Balaban J connectivity index is 3.36. The average Bonchev–Trinajstić information content (AvgIpc) is 2.00. The summed E-state index contributed by atoms with van der Waals surface area (Å²) in [4.78, 5) is 11.1. The van der Waals surface area contributed by atoms with Crippen molar-refractivity contribution in [3.05, 3.63) is 0 Å². The van der Waals surface area contributed by atoms with Crippen LogP contribution >= 0.6 is 0 Å². The van der Waals surface area contributed by atoms with E-state index in [1.165, 1.54) is 0 Å². The molecule has 0 unspecified atom stereocenters. The number of hydrogen-bond acceptors (Lipinski definition) is 5. The van der Waals surface area contributed by atoms with Gasteiger partial charge in [0.2, 0.25) is 0 Å². The summed E-state index contributed by atoms with van der Waals surface area (Å²) in [5.41, 5.74) is -0.484. The van der Waals surface area contributed by atoms with E-state index < -0.39 is 11.6 Å². The van der Waals surface area contributed by atoms with Gasteiger partial charge in [-0.05, 0) is 20.8 Å². The number of aliphatic hydroxyl groups excluding tert-OH is 1. The first-order valence-corrected chi connectivity index (χ1v) is 4.44. The number of aliphatic hydroxyl groups is 1. The Morgan fingerprint density at radius 1 is 1.21 bits per heavy atom. The van der Waals surface area contributed by atoms with E-state index in [0.29, 0.717) is 0 Å². The molecule has 0 atom stereocenters. The highest BCUT2D eigenvalue weighted by Gasteiger charge is 2.15. The van der Waals surface area contributed by atoms with Gasteiger partial charge in [-0.1, -0.05) is 0 Å². The molecule has 0 aromatic heterocycles. The van der Waals surface area contributed by atoms with E-state index in [4.69, 9.17) is 14.6 Å². The smallest absolute Gasteiger partial charge is 0.332 e. The summed E-state index contributed by atoms with van der Waals surface area (Å²) >= 11 is 0. The van der Waals surface area contributed by atoms with Gasteiger partial charge in [-0.25, -0.2) is 4.79 Å². The number of carbonyl (C=O) groups excluding carboxylic acids is 1. The van der Waals surface area contributed by atoms with Gasteiger partial charge in [-0.15, -0.1) is 0 Å². The number of carbonyl (C=O) groups is 1. The molecule has 0 fully saturated rings. The van der Waals surface area contributed by atoms with Crippen molar-refractivity contribution in [2.45, 2.75) is 26.4 Å². The normalized spacial score (nSPS) is 11.4. The van der Waals surface area contributed by atoms with Crippen molar-refractivity contribution in [1.29, 1.82) is 0 Å². The van der Waals surface area contributed by atoms with E-state index in [-0.39, 0.29) is 26.6 Å². The van der Waals surface area contributed by atoms with Gasteiger partial charge in [-0.2, -0.15) is 0 Å². The maximum Gasteiger partial charge on any atom is 0.332 e. The second kappa shape index (κ2) is 6.75. The Hall–Kier alpha value is -0.650. The van der Waals surface area contributed by atoms with E-state index in [1.54, 1.807) is 20.8 Å². The van der Waals surface area contributed by atoms with Crippen LogP contribution in [-0.4, -0.2) is 43.3 Å². The van der Waals surface area contributed by atoms with Gasteiger partial charge < -0.3 is 19.3 Å². The van der Waals surface area contributed by atoms with Crippen molar-refractivity contribution >= 4 is 5.97 Å².